The van der Waals surface area contributed by atoms with Crippen molar-refractivity contribution in [3.63, 3.8) is 0 Å². The number of hydrogen-bond donors (Lipinski definition) is 1. The number of hydrogen-bond acceptors (Lipinski definition) is 3. The summed E-state index contributed by atoms with van der Waals surface area (Å²) < 4.78 is 0. The van der Waals surface area contributed by atoms with Crippen molar-refractivity contribution in [3.05, 3.63) is 0 Å². The zero-order valence-corrected chi connectivity index (χ0v) is 10.8. The van der Waals surface area contributed by atoms with Crippen LogP contribution < -0.4 is 0 Å². The molecule has 2 aliphatic rings. The number of thioether (sulfide) groups is 1. The quantitative estimate of drug-likeness (QED) is 0.825. The molecular formula is C12H21NO2S. The normalized spacial score (nSPS) is 36.4. The lowest BCUT2D eigenvalue weighted by Gasteiger charge is -2.45. The summed E-state index contributed by atoms with van der Waals surface area (Å²) in [5.74, 6) is 1.18. The summed E-state index contributed by atoms with van der Waals surface area (Å²) in [5, 5.41) is 9.57. The van der Waals surface area contributed by atoms with Crippen LogP contribution in [0.5, 0.6) is 0 Å². The van der Waals surface area contributed by atoms with Gasteiger partial charge < -0.3 is 5.11 Å². The second kappa shape index (κ2) is 4.96. The molecule has 2 unspecified atom stereocenters. The molecule has 0 radical (unpaired) electrons. The van der Waals surface area contributed by atoms with Crippen LogP contribution in [-0.4, -0.2) is 45.6 Å². The molecule has 0 aromatic heterocycles. The predicted molar refractivity (Wildman–Crippen MR) is 66.9 cm³/mol. The monoisotopic (exact) mass is 243 g/mol. The van der Waals surface area contributed by atoms with Crippen LogP contribution in [0.25, 0.3) is 0 Å². The third kappa shape index (κ3) is 1.97. The highest BCUT2D eigenvalue weighted by Gasteiger charge is 2.49. The Bertz CT molecular complexity index is 264. The molecule has 2 aliphatic heterocycles. The third-order valence-electron chi connectivity index (χ3n) is 4.05. The van der Waals surface area contributed by atoms with Crippen LogP contribution in [0.1, 0.15) is 39.0 Å². The van der Waals surface area contributed by atoms with E-state index in [2.05, 4.69) is 11.8 Å². The minimum atomic E-state index is -0.599. The van der Waals surface area contributed by atoms with Crippen molar-refractivity contribution in [3.8, 4) is 0 Å². The van der Waals surface area contributed by atoms with Crippen molar-refractivity contribution in [2.45, 2.75) is 50.6 Å². The maximum atomic E-state index is 11.6. The number of aliphatic carboxylic acids is 1. The summed E-state index contributed by atoms with van der Waals surface area (Å²) in [6.07, 6.45) is 5.51. The molecular weight excluding hydrogens is 222 g/mol. The molecule has 2 atom stereocenters. The van der Waals surface area contributed by atoms with E-state index in [1.54, 1.807) is 11.8 Å². The Hall–Kier alpha value is -0.220. The molecule has 3 nitrogen and oxygen atoms in total. The van der Waals surface area contributed by atoms with Crippen LogP contribution in [0.4, 0.5) is 0 Å². The molecule has 16 heavy (non-hydrogen) atoms. The van der Waals surface area contributed by atoms with Crippen LogP contribution in [0, 0.1) is 0 Å². The minimum Gasteiger partial charge on any atom is -0.480 e. The number of carboxylic acids is 1. The first kappa shape index (κ1) is 12.2. The highest BCUT2D eigenvalue weighted by molar-refractivity contribution is 7.99. The SMILES string of the molecule is CCC1CCCCN1C1(C(=O)O)CCSC1. The van der Waals surface area contributed by atoms with Gasteiger partial charge in [0.25, 0.3) is 0 Å². The zero-order chi connectivity index (χ0) is 11.6. The Kier molecular flexibility index (Phi) is 3.80. The molecule has 0 aromatic rings. The van der Waals surface area contributed by atoms with Gasteiger partial charge in [-0.25, -0.2) is 0 Å². The molecule has 0 amide bonds. The second-order valence-electron chi connectivity index (χ2n) is 4.89. The van der Waals surface area contributed by atoms with Crippen LogP contribution >= 0.6 is 11.8 Å². The maximum absolute atomic E-state index is 11.6. The van der Waals surface area contributed by atoms with Gasteiger partial charge in [0.1, 0.15) is 5.54 Å². The van der Waals surface area contributed by atoms with E-state index in [1.807, 2.05) is 0 Å². The zero-order valence-electron chi connectivity index (χ0n) is 9.95. The molecule has 0 bridgehead atoms. The molecule has 0 aliphatic carbocycles. The first-order chi connectivity index (χ1) is 7.70. The van der Waals surface area contributed by atoms with Crippen molar-refractivity contribution in [2.75, 3.05) is 18.1 Å². The van der Waals surface area contributed by atoms with Crippen molar-refractivity contribution in [1.29, 1.82) is 0 Å². The van der Waals surface area contributed by atoms with Crippen LogP contribution in [-0.2, 0) is 4.79 Å². The number of likely N-dealkylation sites (tertiary alicyclic amines) is 1. The fourth-order valence-corrected chi connectivity index (χ4v) is 4.46. The molecule has 2 fully saturated rings. The highest BCUT2D eigenvalue weighted by atomic mass is 32.2. The molecule has 0 aromatic carbocycles. The highest BCUT2D eigenvalue weighted by Crippen LogP contribution is 2.38. The number of nitrogens with zero attached hydrogens (tertiary/aromatic N) is 1. The fraction of sp³-hybridized carbons (Fsp3) is 0.917. The first-order valence-electron chi connectivity index (χ1n) is 6.28. The van der Waals surface area contributed by atoms with E-state index < -0.39 is 11.5 Å². The summed E-state index contributed by atoms with van der Waals surface area (Å²) in [7, 11) is 0. The van der Waals surface area contributed by atoms with Crippen molar-refractivity contribution >= 4 is 17.7 Å². The van der Waals surface area contributed by atoms with Crippen molar-refractivity contribution < 1.29 is 9.90 Å². The maximum Gasteiger partial charge on any atom is 0.325 e. The number of rotatable bonds is 3. The smallest absolute Gasteiger partial charge is 0.325 e. The third-order valence-corrected chi connectivity index (χ3v) is 5.22. The largest absolute Gasteiger partial charge is 0.480 e. The Morgan fingerprint density at radius 3 is 2.94 bits per heavy atom. The van der Waals surface area contributed by atoms with Crippen LogP contribution in [0.3, 0.4) is 0 Å². The van der Waals surface area contributed by atoms with Gasteiger partial charge >= 0.3 is 5.97 Å². The Balaban J connectivity index is 2.20. The van der Waals surface area contributed by atoms with E-state index in [1.165, 1.54) is 12.8 Å². The lowest BCUT2D eigenvalue weighted by Crippen LogP contribution is -2.60. The molecule has 92 valence electrons. The van der Waals surface area contributed by atoms with E-state index in [-0.39, 0.29) is 0 Å². The molecule has 2 saturated heterocycles. The van der Waals surface area contributed by atoms with E-state index in [4.69, 9.17) is 0 Å². The van der Waals surface area contributed by atoms with E-state index in [9.17, 15) is 9.90 Å². The van der Waals surface area contributed by atoms with Gasteiger partial charge in [-0.2, -0.15) is 11.8 Å². The molecule has 1 N–H and O–H groups in total. The van der Waals surface area contributed by atoms with Crippen LogP contribution in [0.15, 0.2) is 0 Å². The standard InChI is InChI=1S/C12H21NO2S/c1-2-10-5-3-4-7-13(10)12(11(14)15)6-8-16-9-12/h10H,2-9H2,1H3,(H,14,15). The van der Waals surface area contributed by atoms with Crippen molar-refractivity contribution in [1.82, 2.24) is 4.90 Å². The fourth-order valence-electron chi connectivity index (χ4n) is 3.06. The van der Waals surface area contributed by atoms with Gasteiger partial charge in [-0.3, -0.25) is 9.69 Å². The topological polar surface area (TPSA) is 40.5 Å². The first-order valence-corrected chi connectivity index (χ1v) is 7.44. The molecule has 0 spiro atoms. The van der Waals surface area contributed by atoms with E-state index >= 15 is 0 Å². The Labute approximate surface area is 102 Å². The van der Waals surface area contributed by atoms with Gasteiger partial charge in [0, 0.05) is 11.8 Å². The summed E-state index contributed by atoms with van der Waals surface area (Å²) in [5.41, 5.74) is -0.550. The molecule has 4 heteroatoms. The van der Waals surface area contributed by atoms with Gasteiger partial charge in [0.05, 0.1) is 0 Å². The van der Waals surface area contributed by atoms with Crippen LogP contribution in [0.2, 0.25) is 0 Å². The average molecular weight is 243 g/mol. The lowest BCUT2D eigenvalue weighted by molar-refractivity contribution is -0.153. The Morgan fingerprint density at radius 1 is 1.56 bits per heavy atom. The van der Waals surface area contributed by atoms with Gasteiger partial charge in [0.2, 0.25) is 0 Å². The van der Waals surface area contributed by atoms with E-state index in [0.29, 0.717) is 6.04 Å². The second-order valence-corrected chi connectivity index (χ2v) is 6.00. The number of piperidine rings is 1. The van der Waals surface area contributed by atoms with Gasteiger partial charge in [-0.05, 0) is 38.0 Å². The van der Waals surface area contributed by atoms with Gasteiger partial charge in [-0.1, -0.05) is 13.3 Å². The molecule has 2 rings (SSSR count). The average Bonchev–Trinajstić information content (AvgIpc) is 2.79. The summed E-state index contributed by atoms with van der Waals surface area (Å²) in [6.45, 7) is 3.16. The minimum absolute atomic E-state index is 0.489. The molecule has 0 saturated carbocycles. The summed E-state index contributed by atoms with van der Waals surface area (Å²) in [4.78, 5) is 13.9. The number of carbonyl (C=O) groups is 1. The molecule has 2 heterocycles. The van der Waals surface area contributed by atoms with Crippen molar-refractivity contribution in [2.24, 2.45) is 0 Å². The lowest BCUT2D eigenvalue weighted by atomic mass is 9.89. The Morgan fingerprint density at radius 2 is 2.38 bits per heavy atom. The summed E-state index contributed by atoms with van der Waals surface area (Å²) in [6, 6.07) is 0.489. The van der Waals surface area contributed by atoms with Gasteiger partial charge in [-0.15, -0.1) is 0 Å². The number of carboxylic acid groups (broad SMARTS) is 1. The van der Waals surface area contributed by atoms with Gasteiger partial charge in [0.15, 0.2) is 0 Å². The predicted octanol–water partition coefficient (Wildman–Crippen LogP) is 2.21. The summed E-state index contributed by atoms with van der Waals surface area (Å²) >= 11 is 1.79. The van der Waals surface area contributed by atoms with E-state index in [0.717, 1.165) is 37.3 Å².